The van der Waals surface area contributed by atoms with E-state index in [-0.39, 0.29) is 18.6 Å². The second-order valence-corrected chi connectivity index (χ2v) is 6.97. The molecule has 0 fully saturated rings. The van der Waals surface area contributed by atoms with E-state index in [1.54, 1.807) is 36.4 Å². The number of hydrogen-bond acceptors (Lipinski definition) is 6. The van der Waals surface area contributed by atoms with Gasteiger partial charge in [-0.2, -0.15) is 0 Å². The first-order valence-corrected chi connectivity index (χ1v) is 8.52. The minimum atomic E-state index is -0.736. The summed E-state index contributed by atoms with van der Waals surface area (Å²) >= 11 is 0. The Labute approximate surface area is 151 Å². The van der Waals surface area contributed by atoms with Crippen LogP contribution in [0.4, 0.5) is 0 Å². The Bertz CT molecular complexity index is 963. The maximum absolute atomic E-state index is 12.5. The number of fused-ring (bicyclic) bond motifs is 2. The molecule has 6 nitrogen and oxygen atoms in total. The number of para-hydroxylation sites is 1. The zero-order valence-electron chi connectivity index (χ0n) is 14.9. The van der Waals surface area contributed by atoms with Crippen LogP contribution < -0.4 is 15.5 Å². The number of benzene rings is 2. The Morgan fingerprint density at radius 3 is 2.65 bits per heavy atom. The number of aliphatic hydroxyl groups excluding tert-OH is 2. The van der Waals surface area contributed by atoms with Crippen molar-refractivity contribution < 1.29 is 19.4 Å². The molecule has 1 aromatic heterocycles. The van der Waals surface area contributed by atoms with Crippen LogP contribution in [0.15, 0.2) is 51.7 Å². The molecule has 1 heterocycles. The molecule has 0 bridgehead atoms. The van der Waals surface area contributed by atoms with Gasteiger partial charge in [0.05, 0.1) is 17.4 Å². The van der Waals surface area contributed by atoms with E-state index in [9.17, 15) is 15.0 Å². The lowest BCUT2D eigenvalue weighted by Crippen LogP contribution is -2.47. The van der Waals surface area contributed by atoms with Gasteiger partial charge in [-0.25, -0.2) is 0 Å². The predicted molar refractivity (Wildman–Crippen MR) is 101 cm³/mol. The number of nitrogens with one attached hydrogen (secondary N) is 1. The van der Waals surface area contributed by atoms with Crippen molar-refractivity contribution in [3.63, 3.8) is 0 Å². The quantitative estimate of drug-likeness (QED) is 0.561. The minimum Gasteiger partial charge on any atom is -0.491 e. The molecule has 3 rings (SSSR count). The SMILES string of the molecule is CC(C)(CO)NCC(O)COc1ccc2c(=O)c3ccccc3oc2c1. The molecular weight excluding hydrogens is 334 g/mol. The van der Waals surface area contributed by atoms with Gasteiger partial charge in [-0.15, -0.1) is 0 Å². The maximum atomic E-state index is 12.5. The van der Waals surface area contributed by atoms with E-state index in [0.29, 0.717) is 34.2 Å². The topological polar surface area (TPSA) is 91.9 Å². The summed E-state index contributed by atoms with van der Waals surface area (Å²) in [6.07, 6.45) is -0.736. The van der Waals surface area contributed by atoms with E-state index >= 15 is 0 Å². The zero-order valence-corrected chi connectivity index (χ0v) is 14.9. The molecule has 0 amide bonds. The van der Waals surface area contributed by atoms with Crippen LogP contribution in [-0.2, 0) is 0 Å². The van der Waals surface area contributed by atoms with E-state index in [2.05, 4.69) is 5.32 Å². The van der Waals surface area contributed by atoms with Crippen molar-refractivity contribution in [2.45, 2.75) is 25.5 Å². The number of aliphatic hydroxyl groups is 2. The minimum absolute atomic E-state index is 0.0295. The normalized spacial score (nSPS) is 13.2. The molecule has 0 saturated carbocycles. The van der Waals surface area contributed by atoms with Crippen molar-refractivity contribution in [1.82, 2.24) is 5.32 Å². The fourth-order valence-corrected chi connectivity index (χ4v) is 2.57. The smallest absolute Gasteiger partial charge is 0.200 e. The fourth-order valence-electron chi connectivity index (χ4n) is 2.57. The molecule has 26 heavy (non-hydrogen) atoms. The van der Waals surface area contributed by atoms with Crippen molar-refractivity contribution >= 4 is 21.9 Å². The Hall–Kier alpha value is -2.41. The first kappa shape index (κ1) is 18.4. The van der Waals surface area contributed by atoms with Gasteiger partial charge in [0.2, 0.25) is 5.43 Å². The van der Waals surface area contributed by atoms with Crippen LogP contribution >= 0.6 is 0 Å². The van der Waals surface area contributed by atoms with Gasteiger partial charge in [0, 0.05) is 18.2 Å². The Morgan fingerprint density at radius 1 is 1.15 bits per heavy atom. The Balaban J connectivity index is 1.73. The van der Waals surface area contributed by atoms with Crippen LogP contribution in [0, 0.1) is 0 Å². The van der Waals surface area contributed by atoms with E-state index in [1.165, 1.54) is 0 Å². The molecule has 138 valence electrons. The first-order chi connectivity index (χ1) is 12.4. The highest BCUT2D eigenvalue weighted by atomic mass is 16.5. The van der Waals surface area contributed by atoms with E-state index in [0.717, 1.165) is 0 Å². The van der Waals surface area contributed by atoms with Crippen LogP contribution in [-0.4, -0.2) is 41.6 Å². The average Bonchev–Trinajstić information content (AvgIpc) is 2.65. The summed E-state index contributed by atoms with van der Waals surface area (Å²) in [5.41, 5.74) is 0.427. The molecule has 0 aliphatic heterocycles. The highest BCUT2D eigenvalue weighted by Gasteiger charge is 2.17. The fraction of sp³-hybridized carbons (Fsp3) is 0.350. The van der Waals surface area contributed by atoms with Gasteiger partial charge >= 0.3 is 0 Å². The van der Waals surface area contributed by atoms with Crippen molar-refractivity contribution in [3.05, 3.63) is 52.7 Å². The van der Waals surface area contributed by atoms with Crippen LogP contribution in [0.2, 0.25) is 0 Å². The summed E-state index contributed by atoms with van der Waals surface area (Å²) in [5.74, 6) is 0.511. The molecule has 0 radical (unpaired) electrons. The summed E-state index contributed by atoms with van der Waals surface area (Å²) in [7, 11) is 0. The average molecular weight is 357 g/mol. The van der Waals surface area contributed by atoms with Crippen LogP contribution in [0.25, 0.3) is 21.9 Å². The molecule has 3 N–H and O–H groups in total. The number of β-amino-alcohol motifs (C(OH)–C–C–N with tert-alkyl or cyclic N) is 1. The van der Waals surface area contributed by atoms with Crippen LogP contribution in [0.5, 0.6) is 5.75 Å². The molecule has 0 saturated heterocycles. The zero-order chi connectivity index (χ0) is 18.7. The number of rotatable bonds is 7. The van der Waals surface area contributed by atoms with Gasteiger partial charge in [-0.3, -0.25) is 4.79 Å². The van der Waals surface area contributed by atoms with Crippen molar-refractivity contribution in [2.24, 2.45) is 0 Å². The number of ether oxygens (including phenoxy) is 1. The lowest BCUT2D eigenvalue weighted by molar-refractivity contribution is 0.0907. The van der Waals surface area contributed by atoms with Gasteiger partial charge in [0.15, 0.2) is 0 Å². The molecular formula is C20H23NO5. The molecule has 3 aromatic rings. The van der Waals surface area contributed by atoms with Crippen molar-refractivity contribution in [1.29, 1.82) is 0 Å². The molecule has 0 aliphatic rings. The first-order valence-electron chi connectivity index (χ1n) is 8.52. The Kier molecular flexibility index (Phi) is 5.27. The monoisotopic (exact) mass is 357 g/mol. The highest BCUT2D eigenvalue weighted by Crippen LogP contribution is 2.22. The Morgan fingerprint density at radius 2 is 1.88 bits per heavy atom. The third-order valence-electron chi connectivity index (χ3n) is 4.20. The molecule has 6 heteroatoms. The predicted octanol–water partition coefficient (Wildman–Crippen LogP) is 2.05. The lowest BCUT2D eigenvalue weighted by atomic mass is 10.1. The van der Waals surface area contributed by atoms with Gasteiger partial charge < -0.3 is 24.7 Å². The lowest BCUT2D eigenvalue weighted by Gasteiger charge is -2.25. The third-order valence-corrected chi connectivity index (χ3v) is 4.20. The summed E-state index contributed by atoms with van der Waals surface area (Å²) < 4.78 is 11.4. The van der Waals surface area contributed by atoms with Crippen LogP contribution in [0.1, 0.15) is 13.8 Å². The summed E-state index contributed by atoms with van der Waals surface area (Å²) in [6, 6.07) is 12.1. The maximum Gasteiger partial charge on any atom is 0.200 e. The summed E-state index contributed by atoms with van der Waals surface area (Å²) in [4.78, 5) is 12.5. The second-order valence-electron chi connectivity index (χ2n) is 6.97. The van der Waals surface area contributed by atoms with Gasteiger partial charge in [0.1, 0.15) is 29.6 Å². The van der Waals surface area contributed by atoms with E-state index < -0.39 is 11.6 Å². The third kappa shape index (κ3) is 4.04. The molecule has 1 atom stereocenters. The van der Waals surface area contributed by atoms with Gasteiger partial charge in [-0.1, -0.05) is 12.1 Å². The molecule has 2 aromatic carbocycles. The number of hydrogen-bond donors (Lipinski definition) is 3. The molecule has 1 unspecified atom stereocenters. The molecule has 0 spiro atoms. The summed E-state index contributed by atoms with van der Waals surface area (Å²) in [5, 5.41) is 23.3. The van der Waals surface area contributed by atoms with Gasteiger partial charge in [0.25, 0.3) is 0 Å². The van der Waals surface area contributed by atoms with Crippen LogP contribution in [0.3, 0.4) is 0 Å². The summed E-state index contributed by atoms with van der Waals surface area (Å²) in [6.45, 7) is 4.03. The largest absolute Gasteiger partial charge is 0.491 e. The highest BCUT2D eigenvalue weighted by molar-refractivity contribution is 5.90. The van der Waals surface area contributed by atoms with Crippen molar-refractivity contribution in [3.8, 4) is 5.75 Å². The van der Waals surface area contributed by atoms with Crippen molar-refractivity contribution in [2.75, 3.05) is 19.8 Å². The standard InChI is InChI=1S/C20H23NO5/c1-20(2,12-22)21-10-13(23)11-25-14-7-8-16-18(9-14)26-17-6-4-3-5-15(17)19(16)24/h3-9,13,21-23H,10-12H2,1-2H3. The molecule has 0 aliphatic carbocycles. The van der Waals surface area contributed by atoms with Gasteiger partial charge in [-0.05, 0) is 38.1 Å². The van der Waals surface area contributed by atoms with E-state index in [4.69, 9.17) is 9.15 Å². The second kappa shape index (κ2) is 7.45. The van der Waals surface area contributed by atoms with E-state index in [1.807, 2.05) is 19.9 Å².